The van der Waals surface area contributed by atoms with E-state index in [1.807, 2.05) is 25.7 Å². The Morgan fingerprint density at radius 3 is 2.20 bits per heavy atom. The Hall–Kier alpha value is -4.01. The van der Waals surface area contributed by atoms with Gasteiger partial charge in [0.1, 0.15) is 5.82 Å². The maximum atomic E-state index is 13.7. The first kappa shape index (κ1) is 32.4. The van der Waals surface area contributed by atoms with Crippen molar-refractivity contribution in [3.05, 3.63) is 106 Å². The number of carbonyl (C=O) groups excluding carboxylic acids is 2. The van der Waals surface area contributed by atoms with Gasteiger partial charge < -0.3 is 15.3 Å². The standard InChI is InChI=1S/C36H40ClFN4O3/c1-35(2,3)42-32(26-10-12-27(38)13-11-26)30(22-39-42)33(43)40-28-14-15-31(37)29(20-28)34(44)41-18-16-25(17-19-41)24-8-6-23(7-9-24)21-36(4,5)45/h6-15,20,22,25,45H,16-19,21H2,1-5H3,(H,40,43). The molecule has 0 radical (unpaired) electrons. The number of piperidine rings is 1. The van der Waals surface area contributed by atoms with Gasteiger partial charge in [0.15, 0.2) is 0 Å². The van der Waals surface area contributed by atoms with Crippen molar-refractivity contribution in [3.63, 3.8) is 0 Å². The van der Waals surface area contributed by atoms with Gasteiger partial charge in [-0.15, -0.1) is 0 Å². The first-order valence-electron chi connectivity index (χ1n) is 15.3. The SMILES string of the molecule is CC(C)(O)Cc1ccc(C2CCN(C(=O)c3cc(NC(=O)c4cnn(C(C)(C)C)c4-c4ccc(F)cc4)ccc3Cl)CC2)cc1. The largest absolute Gasteiger partial charge is 0.390 e. The molecule has 2 N–H and O–H groups in total. The number of hydrogen-bond acceptors (Lipinski definition) is 4. The fourth-order valence-electron chi connectivity index (χ4n) is 5.87. The summed E-state index contributed by atoms with van der Waals surface area (Å²) in [5, 5.41) is 17.8. The molecule has 2 amide bonds. The molecule has 1 aliphatic rings. The Balaban J connectivity index is 1.29. The second kappa shape index (κ2) is 12.8. The van der Waals surface area contributed by atoms with Crippen molar-refractivity contribution < 1.29 is 19.1 Å². The predicted molar refractivity (Wildman–Crippen MR) is 176 cm³/mol. The quantitative estimate of drug-likeness (QED) is 0.219. The molecular weight excluding hydrogens is 591 g/mol. The van der Waals surface area contributed by atoms with Crippen molar-refractivity contribution in [2.45, 2.75) is 70.9 Å². The molecule has 1 fully saturated rings. The van der Waals surface area contributed by atoms with Gasteiger partial charge in [-0.1, -0.05) is 35.9 Å². The zero-order chi connectivity index (χ0) is 32.5. The lowest BCUT2D eigenvalue weighted by Gasteiger charge is -2.32. The molecule has 1 aliphatic heterocycles. The number of likely N-dealkylation sites (tertiary alicyclic amines) is 1. The summed E-state index contributed by atoms with van der Waals surface area (Å²) in [7, 11) is 0. The van der Waals surface area contributed by atoms with Gasteiger partial charge in [0.05, 0.1) is 39.2 Å². The molecule has 0 aliphatic carbocycles. The van der Waals surface area contributed by atoms with Crippen LogP contribution in [0.4, 0.5) is 10.1 Å². The molecule has 3 aromatic carbocycles. The van der Waals surface area contributed by atoms with Gasteiger partial charge in [0.2, 0.25) is 0 Å². The smallest absolute Gasteiger partial charge is 0.259 e. The minimum Gasteiger partial charge on any atom is -0.390 e. The zero-order valence-corrected chi connectivity index (χ0v) is 27.2. The van der Waals surface area contributed by atoms with E-state index >= 15 is 0 Å². The van der Waals surface area contributed by atoms with E-state index in [-0.39, 0.29) is 11.7 Å². The Bertz CT molecular complexity index is 1680. The summed E-state index contributed by atoms with van der Waals surface area (Å²) >= 11 is 6.50. The lowest BCUT2D eigenvalue weighted by molar-refractivity contribution is 0.0712. The van der Waals surface area contributed by atoms with E-state index in [4.69, 9.17) is 11.6 Å². The van der Waals surface area contributed by atoms with Crippen molar-refractivity contribution in [1.82, 2.24) is 14.7 Å². The summed E-state index contributed by atoms with van der Waals surface area (Å²) in [6.07, 6.45) is 3.76. The van der Waals surface area contributed by atoms with Crippen LogP contribution in [0.3, 0.4) is 0 Å². The maximum absolute atomic E-state index is 13.7. The van der Waals surface area contributed by atoms with Crippen LogP contribution in [0.1, 0.15) is 85.2 Å². The fourth-order valence-corrected chi connectivity index (χ4v) is 6.07. The number of amides is 2. The number of aromatic nitrogens is 2. The molecule has 4 aromatic rings. The van der Waals surface area contributed by atoms with Crippen LogP contribution in [0, 0.1) is 5.82 Å². The fraction of sp³-hybridized carbons (Fsp3) is 0.361. The Morgan fingerprint density at radius 2 is 1.60 bits per heavy atom. The molecule has 236 valence electrons. The molecule has 0 spiro atoms. The van der Waals surface area contributed by atoms with E-state index < -0.39 is 17.0 Å². The van der Waals surface area contributed by atoms with E-state index in [1.165, 1.54) is 23.9 Å². The first-order valence-corrected chi connectivity index (χ1v) is 15.6. The van der Waals surface area contributed by atoms with E-state index in [0.29, 0.717) is 58.5 Å². The number of aliphatic hydroxyl groups is 1. The molecule has 5 rings (SSSR count). The number of nitrogens with one attached hydrogen (secondary N) is 1. The van der Waals surface area contributed by atoms with E-state index in [0.717, 1.165) is 18.4 Å². The number of halogens is 2. The summed E-state index contributed by atoms with van der Waals surface area (Å²) in [6, 6.07) is 19.2. The van der Waals surface area contributed by atoms with Crippen LogP contribution >= 0.6 is 11.6 Å². The molecule has 2 heterocycles. The second-order valence-corrected chi connectivity index (χ2v) is 13.8. The zero-order valence-electron chi connectivity index (χ0n) is 26.4. The van der Waals surface area contributed by atoms with Crippen LogP contribution in [-0.4, -0.2) is 50.3 Å². The number of rotatable bonds is 7. The molecule has 0 atom stereocenters. The summed E-state index contributed by atoms with van der Waals surface area (Å²) in [4.78, 5) is 29.0. The number of anilines is 1. The number of hydrogen-bond donors (Lipinski definition) is 2. The third-order valence-electron chi connectivity index (χ3n) is 8.09. The van der Waals surface area contributed by atoms with Gasteiger partial charge in [-0.2, -0.15) is 5.10 Å². The summed E-state index contributed by atoms with van der Waals surface area (Å²) in [5.41, 5.74) is 3.46. The van der Waals surface area contributed by atoms with E-state index in [9.17, 15) is 19.1 Å². The molecule has 9 heteroatoms. The van der Waals surface area contributed by atoms with Crippen molar-refractivity contribution >= 4 is 29.1 Å². The van der Waals surface area contributed by atoms with Crippen molar-refractivity contribution in [3.8, 4) is 11.3 Å². The molecule has 0 bridgehead atoms. The van der Waals surface area contributed by atoms with Gasteiger partial charge in [-0.25, -0.2) is 4.39 Å². The predicted octanol–water partition coefficient (Wildman–Crippen LogP) is 7.68. The highest BCUT2D eigenvalue weighted by Gasteiger charge is 2.28. The van der Waals surface area contributed by atoms with Gasteiger partial charge in [-0.3, -0.25) is 14.3 Å². The number of benzene rings is 3. The lowest BCUT2D eigenvalue weighted by atomic mass is 9.88. The first-order chi connectivity index (χ1) is 21.2. The van der Waals surface area contributed by atoms with Gasteiger partial charge in [0, 0.05) is 30.8 Å². The van der Waals surface area contributed by atoms with Crippen LogP contribution in [-0.2, 0) is 12.0 Å². The topological polar surface area (TPSA) is 87.5 Å². The van der Waals surface area contributed by atoms with Gasteiger partial charge in [-0.05, 0) is 107 Å². The Kier molecular flexibility index (Phi) is 9.19. The van der Waals surface area contributed by atoms with Crippen LogP contribution in [0.2, 0.25) is 5.02 Å². The van der Waals surface area contributed by atoms with E-state index in [1.54, 1.807) is 48.9 Å². The summed E-state index contributed by atoms with van der Waals surface area (Å²) < 4.78 is 15.4. The van der Waals surface area contributed by atoms with Gasteiger partial charge in [0.25, 0.3) is 11.8 Å². The Labute approximate surface area is 269 Å². The third kappa shape index (κ3) is 7.63. The Morgan fingerprint density at radius 1 is 0.956 bits per heavy atom. The lowest BCUT2D eigenvalue weighted by Crippen LogP contribution is -2.38. The highest BCUT2D eigenvalue weighted by atomic mass is 35.5. The number of nitrogens with zero attached hydrogens (tertiary/aromatic N) is 3. The average Bonchev–Trinajstić information content (AvgIpc) is 3.44. The minimum atomic E-state index is -0.753. The average molecular weight is 631 g/mol. The van der Waals surface area contributed by atoms with E-state index in [2.05, 4.69) is 34.7 Å². The molecule has 1 saturated heterocycles. The number of carbonyl (C=O) groups is 2. The molecular formula is C36H40ClFN4O3. The molecule has 0 unspecified atom stereocenters. The van der Waals surface area contributed by atoms with Crippen LogP contribution < -0.4 is 5.32 Å². The molecule has 7 nitrogen and oxygen atoms in total. The van der Waals surface area contributed by atoms with Crippen LogP contribution in [0.5, 0.6) is 0 Å². The third-order valence-corrected chi connectivity index (χ3v) is 8.42. The summed E-state index contributed by atoms with van der Waals surface area (Å²) in [6.45, 7) is 10.7. The van der Waals surface area contributed by atoms with Crippen molar-refractivity contribution in [1.29, 1.82) is 0 Å². The highest BCUT2D eigenvalue weighted by molar-refractivity contribution is 6.34. The van der Waals surface area contributed by atoms with Crippen molar-refractivity contribution in [2.24, 2.45) is 0 Å². The normalized spacial score (nSPS) is 14.4. The highest BCUT2D eigenvalue weighted by Crippen LogP contribution is 2.32. The minimum absolute atomic E-state index is 0.178. The molecule has 45 heavy (non-hydrogen) atoms. The molecule has 1 aromatic heterocycles. The maximum Gasteiger partial charge on any atom is 0.259 e. The van der Waals surface area contributed by atoms with Gasteiger partial charge >= 0.3 is 0 Å². The monoisotopic (exact) mass is 630 g/mol. The van der Waals surface area contributed by atoms with Crippen LogP contribution in [0.15, 0.2) is 72.9 Å². The van der Waals surface area contributed by atoms with Crippen LogP contribution in [0.25, 0.3) is 11.3 Å². The summed E-state index contributed by atoms with van der Waals surface area (Å²) in [5.74, 6) is -0.607. The van der Waals surface area contributed by atoms with Crippen molar-refractivity contribution in [2.75, 3.05) is 18.4 Å². The second-order valence-electron chi connectivity index (χ2n) is 13.4. The molecule has 0 saturated carbocycles.